The fourth-order valence-electron chi connectivity index (χ4n) is 2.96. The van der Waals surface area contributed by atoms with E-state index in [0.717, 1.165) is 0 Å². The van der Waals surface area contributed by atoms with Crippen LogP contribution in [0.4, 0.5) is 5.69 Å². The number of carbonyl (C=O) groups is 1. The van der Waals surface area contributed by atoms with Crippen LogP contribution >= 0.6 is 11.6 Å². The van der Waals surface area contributed by atoms with E-state index in [1.807, 2.05) is 6.92 Å². The summed E-state index contributed by atoms with van der Waals surface area (Å²) in [6.45, 7) is 3.10. The Morgan fingerprint density at radius 2 is 2.23 bits per heavy atom. The van der Waals surface area contributed by atoms with E-state index in [1.54, 1.807) is 28.8 Å². The SMILES string of the molecule is CCn1cnc(S(=O)(=O)N2CCCC(C(=O)Nc3cccc(Cl)c3)C2)c1. The van der Waals surface area contributed by atoms with Gasteiger partial charge in [-0.05, 0) is 38.0 Å². The molecule has 1 N–H and O–H groups in total. The molecule has 1 saturated heterocycles. The summed E-state index contributed by atoms with van der Waals surface area (Å²) in [4.78, 5) is 16.5. The molecule has 1 amide bonds. The number of amides is 1. The summed E-state index contributed by atoms with van der Waals surface area (Å²) in [6, 6.07) is 6.88. The molecule has 3 rings (SSSR count). The van der Waals surface area contributed by atoms with Crippen LogP contribution in [-0.4, -0.2) is 41.3 Å². The number of benzene rings is 1. The maximum absolute atomic E-state index is 12.8. The van der Waals surface area contributed by atoms with Gasteiger partial charge in [0.25, 0.3) is 10.0 Å². The van der Waals surface area contributed by atoms with Crippen molar-refractivity contribution in [2.24, 2.45) is 5.92 Å². The van der Waals surface area contributed by atoms with Crippen LogP contribution in [0, 0.1) is 5.92 Å². The van der Waals surface area contributed by atoms with Gasteiger partial charge in [-0.15, -0.1) is 0 Å². The highest BCUT2D eigenvalue weighted by atomic mass is 35.5. The number of anilines is 1. The Balaban J connectivity index is 1.71. The molecule has 1 aliphatic heterocycles. The molecule has 26 heavy (non-hydrogen) atoms. The van der Waals surface area contributed by atoms with Gasteiger partial charge in [0.15, 0.2) is 5.03 Å². The number of nitrogens with one attached hydrogen (secondary N) is 1. The minimum absolute atomic E-state index is 0.0234. The molecular weight excluding hydrogens is 376 g/mol. The average Bonchev–Trinajstić information content (AvgIpc) is 3.12. The third-order valence-corrected chi connectivity index (χ3v) is 6.41. The molecule has 0 saturated carbocycles. The number of imidazole rings is 1. The number of hydrogen-bond donors (Lipinski definition) is 1. The molecule has 140 valence electrons. The largest absolute Gasteiger partial charge is 0.336 e. The first kappa shape index (κ1) is 18.9. The number of rotatable bonds is 5. The molecule has 1 aromatic carbocycles. The average molecular weight is 397 g/mol. The molecule has 0 radical (unpaired) electrons. The molecule has 9 heteroatoms. The van der Waals surface area contributed by atoms with Crippen LogP contribution in [0.25, 0.3) is 0 Å². The lowest BCUT2D eigenvalue weighted by Gasteiger charge is -2.30. The van der Waals surface area contributed by atoms with Gasteiger partial charge in [-0.25, -0.2) is 13.4 Å². The number of aryl methyl sites for hydroxylation is 1. The number of sulfonamides is 1. The summed E-state index contributed by atoms with van der Waals surface area (Å²) < 4.78 is 28.6. The topological polar surface area (TPSA) is 84.3 Å². The van der Waals surface area contributed by atoms with Crippen molar-refractivity contribution in [3.63, 3.8) is 0 Å². The first-order valence-electron chi connectivity index (χ1n) is 8.48. The van der Waals surface area contributed by atoms with Gasteiger partial charge < -0.3 is 9.88 Å². The van der Waals surface area contributed by atoms with Gasteiger partial charge in [0.1, 0.15) is 0 Å². The molecule has 0 spiro atoms. The van der Waals surface area contributed by atoms with E-state index in [0.29, 0.717) is 36.6 Å². The zero-order valence-electron chi connectivity index (χ0n) is 14.4. The summed E-state index contributed by atoms with van der Waals surface area (Å²) in [5, 5.41) is 3.37. The Bertz CT molecular complexity index is 897. The van der Waals surface area contributed by atoms with Crippen molar-refractivity contribution in [2.75, 3.05) is 18.4 Å². The normalized spacial score (nSPS) is 18.6. The standard InChI is InChI=1S/C17H21ClN4O3S/c1-2-21-11-16(19-12-21)26(24,25)22-8-4-5-13(10-22)17(23)20-15-7-3-6-14(18)9-15/h3,6-7,9,11-13H,2,4-5,8,10H2,1H3,(H,20,23). The molecule has 1 aromatic heterocycles. The molecule has 2 heterocycles. The lowest BCUT2D eigenvalue weighted by Crippen LogP contribution is -2.43. The van der Waals surface area contributed by atoms with Crippen molar-refractivity contribution in [1.29, 1.82) is 0 Å². The van der Waals surface area contributed by atoms with Crippen molar-refractivity contribution in [1.82, 2.24) is 13.9 Å². The minimum atomic E-state index is -3.70. The van der Waals surface area contributed by atoms with Gasteiger partial charge in [0, 0.05) is 36.5 Å². The summed E-state index contributed by atoms with van der Waals surface area (Å²) in [5.41, 5.74) is 0.601. The summed E-state index contributed by atoms with van der Waals surface area (Å²) in [7, 11) is -3.70. The number of nitrogens with zero attached hydrogens (tertiary/aromatic N) is 3. The van der Waals surface area contributed by atoms with Crippen molar-refractivity contribution in [2.45, 2.75) is 31.3 Å². The van der Waals surface area contributed by atoms with Gasteiger partial charge in [-0.3, -0.25) is 4.79 Å². The molecule has 0 aliphatic carbocycles. The third-order valence-electron chi connectivity index (χ3n) is 4.43. The van der Waals surface area contributed by atoms with E-state index in [2.05, 4.69) is 10.3 Å². The van der Waals surface area contributed by atoms with Crippen molar-refractivity contribution in [3.8, 4) is 0 Å². The lowest BCUT2D eigenvalue weighted by molar-refractivity contribution is -0.120. The monoisotopic (exact) mass is 396 g/mol. The van der Waals surface area contributed by atoms with Crippen LogP contribution in [0.3, 0.4) is 0 Å². The van der Waals surface area contributed by atoms with Crippen LogP contribution in [0.15, 0.2) is 41.8 Å². The Labute approximate surface area is 158 Å². The highest BCUT2D eigenvalue weighted by Gasteiger charge is 2.34. The zero-order valence-corrected chi connectivity index (χ0v) is 16.0. The second kappa shape index (κ2) is 7.77. The maximum atomic E-state index is 12.8. The molecule has 1 atom stereocenters. The Morgan fingerprint density at radius 1 is 1.42 bits per heavy atom. The number of aromatic nitrogens is 2. The Morgan fingerprint density at radius 3 is 2.92 bits per heavy atom. The minimum Gasteiger partial charge on any atom is -0.336 e. The van der Waals surface area contributed by atoms with Crippen LogP contribution in [0.2, 0.25) is 5.02 Å². The van der Waals surface area contributed by atoms with Gasteiger partial charge in [0.2, 0.25) is 5.91 Å². The predicted molar refractivity (Wildman–Crippen MR) is 99.5 cm³/mol. The first-order chi connectivity index (χ1) is 12.4. The van der Waals surface area contributed by atoms with Gasteiger partial charge >= 0.3 is 0 Å². The third kappa shape index (κ3) is 4.08. The van der Waals surface area contributed by atoms with Crippen LogP contribution in [-0.2, 0) is 21.4 Å². The van der Waals surface area contributed by atoms with E-state index >= 15 is 0 Å². The van der Waals surface area contributed by atoms with Gasteiger partial charge in [-0.2, -0.15) is 4.31 Å². The van der Waals surface area contributed by atoms with E-state index in [9.17, 15) is 13.2 Å². The second-order valence-electron chi connectivity index (χ2n) is 6.24. The number of carbonyl (C=O) groups excluding carboxylic acids is 1. The van der Waals surface area contributed by atoms with Crippen LogP contribution in [0.5, 0.6) is 0 Å². The van der Waals surface area contributed by atoms with E-state index in [-0.39, 0.29) is 17.5 Å². The highest BCUT2D eigenvalue weighted by molar-refractivity contribution is 7.89. The van der Waals surface area contributed by atoms with E-state index < -0.39 is 15.9 Å². The molecule has 2 aromatic rings. The molecule has 1 aliphatic rings. The first-order valence-corrected chi connectivity index (χ1v) is 10.3. The summed E-state index contributed by atoms with van der Waals surface area (Å²) in [5.74, 6) is -0.614. The summed E-state index contributed by atoms with van der Waals surface area (Å²) in [6.07, 6.45) is 4.29. The molecule has 0 bridgehead atoms. The lowest BCUT2D eigenvalue weighted by atomic mass is 9.99. The number of hydrogen-bond acceptors (Lipinski definition) is 4. The fourth-order valence-corrected chi connectivity index (χ4v) is 4.61. The molecule has 1 fully saturated rings. The van der Waals surface area contributed by atoms with Crippen LogP contribution in [0.1, 0.15) is 19.8 Å². The second-order valence-corrected chi connectivity index (χ2v) is 8.57. The van der Waals surface area contributed by atoms with Crippen molar-refractivity contribution < 1.29 is 13.2 Å². The predicted octanol–water partition coefficient (Wildman–Crippen LogP) is 2.60. The maximum Gasteiger partial charge on any atom is 0.262 e. The van der Waals surface area contributed by atoms with Gasteiger partial charge in [0.05, 0.1) is 12.2 Å². The van der Waals surface area contributed by atoms with Crippen LogP contribution < -0.4 is 5.32 Å². The van der Waals surface area contributed by atoms with Crippen molar-refractivity contribution in [3.05, 3.63) is 41.8 Å². The number of piperidine rings is 1. The molecule has 7 nitrogen and oxygen atoms in total. The quantitative estimate of drug-likeness (QED) is 0.841. The van der Waals surface area contributed by atoms with E-state index in [4.69, 9.17) is 11.6 Å². The fraction of sp³-hybridized carbons (Fsp3) is 0.412. The Hall–Kier alpha value is -1.90. The van der Waals surface area contributed by atoms with Crippen molar-refractivity contribution >= 4 is 33.2 Å². The van der Waals surface area contributed by atoms with E-state index in [1.165, 1.54) is 16.8 Å². The smallest absolute Gasteiger partial charge is 0.262 e. The highest BCUT2D eigenvalue weighted by Crippen LogP contribution is 2.24. The Kier molecular flexibility index (Phi) is 5.64. The van der Waals surface area contributed by atoms with Gasteiger partial charge in [-0.1, -0.05) is 17.7 Å². The molecule has 1 unspecified atom stereocenters. The number of halogens is 1. The zero-order chi connectivity index (χ0) is 18.7. The summed E-state index contributed by atoms with van der Waals surface area (Å²) >= 11 is 5.93. The molecular formula is C17H21ClN4O3S.